The first-order chi connectivity index (χ1) is 16.2. The van der Waals surface area contributed by atoms with E-state index in [4.69, 9.17) is 14.5 Å². The number of nitrogens with zero attached hydrogens (tertiary/aromatic N) is 4. The van der Waals surface area contributed by atoms with Crippen molar-refractivity contribution in [3.63, 3.8) is 0 Å². The smallest absolute Gasteiger partial charge is 0.254 e. The van der Waals surface area contributed by atoms with Gasteiger partial charge in [-0.05, 0) is 24.3 Å². The fourth-order valence-electron chi connectivity index (χ4n) is 4.30. The average molecular weight is 447 g/mol. The van der Waals surface area contributed by atoms with E-state index in [9.17, 15) is 9.59 Å². The predicted molar refractivity (Wildman–Crippen MR) is 122 cm³/mol. The van der Waals surface area contributed by atoms with E-state index in [2.05, 4.69) is 4.98 Å². The van der Waals surface area contributed by atoms with Gasteiger partial charge in [0.15, 0.2) is 0 Å². The van der Waals surface area contributed by atoms with Gasteiger partial charge in [-0.25, -0.2) is 4.98 Å². The Morgan fingerprint density at radius 2 is 1.76 bits per heavy atom. The van der Waals surface area contributed by atoms with Crippen LogP contribution >= 0.6 is 0 Å². The molecular weight excluding hydrogens is 420 g/mol. The van der Waals surface area contributed by atoms with Crippen LogP contribution in [0.4, 0.5) is 0 Å². The molecule has 2 amide bonds. The zero-order chi connectivity index (χ0) is 22.6. The van der Waals surface area contributed by atoms with Crippen LogP contribution in [0.25, 0.3) is 10.9 Å². The van der Waals surface area contributed by atoms with E-state index in [1.54, 1.807) is 11.1 Å². The topological polar surface area (TPSA) is 84.9 Å². The minimum atomic E-state index is -0.396. The van der Waals surface area contributed by atoms with E-state index in [0.717, 1.165) is 16.6 Å². The molecule has 2 saturated heterocycles. The number of amides is 2. The molecule has 0 aliphatic carbocycles. The van der Waals surface area contributed by atoms with Crippen molar-refractivity contribution in [3.8, 4) is 0 Å². The summed E-state index contributed by atoms with van der Waals surface area (Å²) >= 11 is 0. The Morgan fingerprint density at radius 3 is 2.58 bits per heavy atom. The summed E-state index contributed by atoms with van der Waals surface area (Å²) in [6, 6.07) is 15.0. The van der Waals surface area contributed by atoms with Crippen molar-refractivity contribution in [2.45, 2.75) is 12.5 Å². The van der Waals surface area contributed by atoms with Gasteiger partial charge >= 0.3 is 0 Å². The average Bonchev–Trinajstić information content (AvgIpc) is 2.89. The van der Waals surface area contributed by atoms with Crippen LogP contribution < -0.4 is 0 Å². The molecule has 1 aromatic carbocycles. The number of benzene rings is 1. The Kier molecular flexibility index (Phi) is 6.28. The number of carbonyl (C=O) groups is 2. The largest absolute Gasteiger partial charge is 0.378 e. The molecule has 8 nitrogen and oxygen atoms in total. The van der Waals surface area contributed by atoms with E-state index < -0.39 is 6.10 Å². The van der Waals surface area contributed by atoms with Gasteiger partial charge in [0.25, 0.3) is 5.91 Å². The maximum Gasteiger partial charge on any atom is 0.254 e. The number of hydrogen-bond donors (Lipinski definition) is 0. The first-order valence-corrected chi connectivity index (χ1v) is 11.2. The molecule has 5 rings (SSSR count). The molecule has 0 spiro atoms. The summed E-state index contributed by atoms with van der Waals surface area (Å²) in [6.45, 7) is 3.56. The maximum absolute atomic E-state index is 13.4. The van der Waals surface area contributed by atoms with Crippen molar-refractivity contribution >= 4 is 22.7 Å². The number of carbonyl (C=O) groups excluding carboxylic acids is 2. The summed E-state index contributed by atoms with van der Waals surface area (Å²) in [5.74, 6) is -0.0237. The van der Waals surface area contributed by atoms with Gasteiger partial charge < -0.3 is 19.3 Å². The highest BCUT2D eigenvalue weighted by Gasteiger charge is 2.29. The van der Waals surface area contributed by atoms with Gasteiger partial charge in [0.2, 0.25) is 5.91 Å². The SMILES string of the molecule is O=C(Cc1ccccn1)N1CCOC(c2cc(C(=O)N3CCOCC3)c3ccccc3n2)C1. The van der Waals surface area contributed by atoms with Crippen LogP contribution in [0, 0.1) is 0 Å². The monoisotopic (exact) mass is 446 g/mol. The van der Waals surface area contributed by atoms with E-state index in [1.807, 2.05) is 53.4 Å². The second-order valence-corrected chi connectivity index (χ2v) is 8.21. The second-order valence-electron chi connectivity index (χ2n) is 8.21. The van der Waals surface area contributed by atoms with Gasteiger partial charge in [0.1, 0.15) is 6.10 Å². The number of rotatable bonds is 4. The molecule has 170 valence electrons. The molecule has 0 saturated carbocycles. The number of hydrogen-bond acceptors (Lipinski definition) is 6. The lowest BCUT2D eigenvalue weighted by molar-refractivity contribution is -0.138. The van der Waals surface area contributed by atoms with Gasteiger partial charge in [0, 0.05) is 36.9 Å². The van der Waals surface area contributed by atoms with Crippen molar-refractivity contribution in [1.82, 2.24) is 19.8 Å². The minimum Gasteiger partial charge on any atom is -0.378 e. The third-order valence-corrected chi connectivity index (χ3v) is 6.07. The molecule has 0 N–H and O–H groups in total. The third kappa shape index (κ3) is 4.72. The van der Waals surface area contributed by atoms with Crippen LogP contribution in [0.2, 0.25) is 0 Å². The van der Waals surface area contributed by atoms with Crippen molar-refractivity contribution in [3.05, 3.63) is 71.7 Å². The number of morpholine rings is 2. The molecule has 2 aromatic heterocycles. The normalized spacial score (nSPS) is 19.0. The number of pyridine rings is 2. The first-order valence-electron chi connectivity index (χ1n) is 11.2. The third-order valence-electron chi connectivity index (χ3n) is 6.07. The van der Waals surface area contributed by atoms with Crippen LogP contribution in [0.3, 0.4) is 0 Å². The Labute approximate surface area is 192 Å². The Morgan fingerprint density at radius 1 is 0.970 bits per heavy atom. The van der Waals surface area contributed by atoms with E-state index >= 15 is 0 Å². The minimum absolute atomic E-state index is 0.00686. The molecule has 0 radical (unpaired) electrons. The van der Waals surface area contributed by atoms with E-state index in [0.29, 0.717) is 57.3 Å². The van der Waals surface area contributed by atoms with Crippen LogP contribution in [-0.2, 0) is 20.7 Å². The van der Waals surface area contributed by atoms with Gasteiger partial charge in [0.05, 0.1) is 49.6 Å². The van der Waals surface area contributed by atoms with Crippen LogP contribution in [0.15, 0.2) is 54.7 Å². The van der Waals surface area contributed by atoms with Gasteiger partial charge in [-0.15, -0.1) is 0 Å². The molecule has 4 heterocycles. The molecular formula is C25H26N4O4. The Hall–Kier alpha value is -3.36. The van der Waals surface area contributed by atoms with E-state index in [-0.39, 0.29) is 18.2 Å². The number of aromatic nitrogens is 2. The number of fused-ring (bicyclic) bond motifs is 1. The first kappa shape index (κ1) is 21.5. The highest BCUT2D eigenvalue weighted by Crippen LogP contribution is 2.27. The highest BCUT2D eigenvalue weighted by atomic mass is 16.5. The van der Waals surface area contributed by atoms with Crippen LogP contribution in [-0.4, -0.2) is 77.6 Å². The fourth-order valence-corrected chi connectivity index (χ4v) is 4.30. The second kappa shape index (κ2) is 9.64. The van der Waals surface area contributed by atoms with Crippen molar-refractivity contribution in [1.29, 1.82) is 0 Å². The Balaban J connectivity index is 1.40. The summed E-state index contributed by atoms with van der Waals surface area (Å²) in [6.07, 6.45) is 1.54. The summed E-state index contributed by atoms with van der Waals surface area (Å²) in [7, 11) is 0. The molecule has 1 atom stereocenters. The molecule has 2 aliphatic rings. The molecule has 3 aromatic rings. The molecule has 33 heavy (non-hydrogen) atoms. The van der Waals surface area contributed by atoms with Crippen LogP contribution in [0.5, 0.6) is 0 Å². The zero-order valence-electron chi connectivity index (χ0n) is 18.4. The predicted octanol–water partition coefficient (Wildman–Crippen LogP) is 2.24. The lowest BCUT2D eigenvalue weighted by Gasteiger charge is -2.33. The lowest BCUT2D eigenvalue weighted by atomic mass is 10.0. The molecule has 1 unspecified atom stereocenters. The summed E-state index contributed by atoms with van der Waals surface area (Å²) in [5, 5.41) is 0.816. The maximum atomic E-state index is 13.4. The summed E-state index contributed by atoms with van der Waals surface area (Å²) in [5.41, 5.74) is 2.76. The zero-order valence-corrected chi connectivity index (χ0v) is 18.4. The molecule has 0 bridgehead atoms. The number of ether oxygens (including phenoxy) is 2. The van der Waals surface area contributed by atoms with Crippen LogP contribution in [0.1, 0.15) is 27.8 Å². The summed E-state index contributed by atoms with van der Waals surface area (Å²) < 4.78 is 11.4. The summed E-state index contributed by atoms with van der Waals surface area (Å²) in [4.78, 5) is 38.9. The van der Waals surface area contributed by atoms with Gasteiger partial charge in [-0.1, -0.05) is 24.3 Å². The van der Waals surface area contributed by atoms with E-state index in [1.165, 1.54) is 0 Å². The molecule has 8 heteroatoms. The van der Waals surface area contributed by atoms with Gasteiger partial charge in [-0.3, -0.25) is 14.6 Å². The quantitative estimate of drug-likeness (QED) is 0.611. The van der Waals surface area contributed by atoms with Crippen molar-refractivity contribution in [2.75, 3.05) is 46.0 Å². The fraction of sp³-hybridized carbons (Fsp3) is 0.360. The highest BCUT2D eigenvalue weighted by molar-refractivity contribution is 6.06. The molecule has 2 fully saturated rings. The van der Waals surface area contributed by atoms with Gasteiger partial charge in [-0.2, -0.15) is 0 Å². The van der Waals surface area contributed by atoms with Crippen molar-refractivity contribution < 1.29 is 19.1 Å². The lowest BCUT2D eigenvalue weighted by Crippen LogP contribution is -2.43. The standard InChI is InChI=1S/C25H26N4O4/c30-24(15-18-5-3-4-8-26-18)29-11-14-33-23(17-29)22-16-20(19-6-1-2-7-21(19)27-22)25(31)28-9-12-32-13-10-28/h1-8,16,23H,9-15,17H2. The van der Waals surface area contributed by atoms with Crippen molar-refractivity contribution in [2.24, 2.45) is 0 Å². The molecule has 2 aliphatic heterocycles. The number of para-hydroxylation sites is 1. The Bertz CT molecular complexity index is 1150.